The van der Waals surface area contributed by atoms with Crippen molar-refractivity contribution < 1.29 is 28.2 Å². The van der Waals surface area contributed by atoms with Gasteiger partial charge in [0.25, 0.3) is 0 Å². The molecule has 5 rings (SSSR count). The second-order valence-electron chi connectivity index (χ2n) is 10.4. The van der Waals surface area contributed by atoms with E-state index in [1.807, 2.05) is 18.2 Å². The predicted molar refractivity (Wildman–Crippen MR) is 146 cm³/mol. The summed E-state index contributed by atoms with van der Waals surface area (Å²) in [6, 6.07) is 11.7. The van der Waals surface area contributed by atoms with E-state index in [4.69, 9.17) is 19.3 Å². The Balaban J connectivity index is 1.70. The number of fused-ring (bicyclic) bond motifs is 2. The largest absolute Gasteiger partial charge is 0.454 e. The lowest BCUT2D eigenvalue weighted by atomic mass is 9.87. The van der Waals surface area contributed by atoms with Gasteiger partial charge in [-0.05, 0) is 42.0 Å². The zero-order chi connectivity index (χ0) is 27.7. The number of methoxy groups -OCH3 is 1. The molecule has 3 heterocycles. The molecule has 0 saturated carbocycles. The summed E-state index contributed by atoms with van der Waals surface area (Å²) < 4.78 is 31.7. The molecule has 2 aromatic carbocycles. The third-order valence-corrected chi connectivity index (χ3v) is 7.75. The van der Waals surface area contributed by atoms with Crippen molar-refractivity contribution in [1.29, 1.82) is 0 Å². The highest BCUT2D eigenvalue weighted by atomic mass is 32.2. The molecule has 0 radical (unpaired) electrons. The summed E-state index contributed by atoms with van der Waals surface area (Å²) in [5.41, 5.74) is 2.69. The number of ether oxygens (including phenoxy) is 3. The number of amides is 2. The first-order chi connectivity index (χ1) is 18.7. The highest BCUT2D eigenvalue weighted by molar-refractivity contribution is 8.00. The molecular formula is C28H31FN4O5S. The van der Waals surface area contributed by atoms with Crippen LogP contribution in [-0.4, -0.2) is 60.9 Å². The number of thioether (sulfide) groups is 1. The van der Waals surface area contributed by atoms with E-state index in [1.165, 1.54) is 28.8 Å². The number of benzene rings is 2. The van der Waals surface area contributed by atoms with Crippen molar-refractivity contribution in [2.75, 3.05) is 44.3 Å². The van der Waals surface area contributed by atoms with Crippen LogP contribution < -0.4 is 19.7 Å². The first-order valence-electron chi connectivity index (χ1n) is 12.6. The molecule has 11 heteroatoms. The first kappa shape index (κ1) is 27.0. The van der Waals surface area contributed by atoms with Crippen LogP contribution in [0.1, 0.15) is 42.8 Å². The van der Waals surface area contributed by atoms with Crippen molar-refractivity contribution in [2.45, 2.75) is 31.4 Å². The minimum Gasteiger partial charge on any atom is -0.454 e. The lowest BCUT2D eigenvalue weighted by Gasteiger charge is -2.24. The molecule has 2 amide bonds. The Morgan fingerprint density at radius 3 is 2.64 bits per heavy atom. The normalized spacial score (nSPS) is 16.7. The van der Waals surface area contributed by atoms with Gasteiger partial charge < -0.3 is 19.5 Å². The maximum Gasteiger partial charge on any atom is 0.240 e. The van der Waals surface area contributed by atoms with Crippen molar-refractivity contribution in [3.8, 4) is 17.2 Å². The Hall–Kier alpha value is -3.57. The summed E-state index contributed by atoms with van der Waals surface area (Å²) in [5.74, 6) is 1.02. The van der Waals surface area contributed by atoms with Crippen LogP contribution in [-0.2, 0) is 19.7 Å². The first-order valence-corrected chi connectivity index (χ1v) is 13.7. The summed E-state index contributed by atoms with van der Waals surface area (Å²) in [4.78, 5) is 28.1. The molecule has 1 atom stereocenters. The number of hydrogen-bond acceptors (Lipinski definition) is 7. The minimum absolute atomic E-state index is 0.145. The van der Waals surface area contributed by atoms with Crippen LogP contribution in [0.4, 0.5) is 10.2 Å². The zero-order valence-corrected chi connectivity index (χ0v) is 23.1. The number of halogens is 1. The van der Waals surface area contributed by atoms with Crippen LogP contribution >= 0.6 is 11.8 Å². The van der Waals surface area contributed by atoms with Gasteiger partial charge >= 0.3 is 0 Å². The van der Waals surface area contributed by atoms with Crippen LogP contribution in [0.3, 0.4) is 0 Å². The van der Waals surface area contributed by atoms with Crippen LogP contribution in [0.2, 0.25) is 0 Å². The smallest absolute Gasteiger partial charge is 0.240 e. The molecule has 3 aromatic rings. The molecule has 9 nitrogen and oxygen atoms in total. The SMILES string of the molecule is COCCNC(=O)CN1C(=O)CS[C@H](c2ccc3c(c2)OCO3)c2c(C(C)(C)C)nn(-c3ccc(F)cc3)c21. The molecule has 0 spiro atoms. The lowest BCUT2D eigenvalue weighted by molar-refractivity contribution is -0.123. The monoisotopic (exact) mass is 554 g/mol. The van der Waals surface area contributed by atoms with Gasteiger partial charge in [-0.25, -0.2) is 9.07 Å². The van der Waals surface area contributed by atoms with Crippen molar-refractivity contribution in [2.24, 2.45) is 0 Å². The summed E-state index contributed by atoms with van der Waals surface area (Å²) in [6.45, 7) is 6.81. The topological polar surface area (TPSA) is 94.9 Å². The van der Waals surface area contributed by atoms with E-state index in [9.17, 15) is 14.0 Å². The summed E-state index contributed by atoms with van der Waals surface area (Å²) >= 11 is 1.47. The average Bonchev–Trinajstić information content (AvgIpc) is 3.50. The Bertz CT molecular complexity index is 1390. The molecule has 0 aliphatic carbocycles. The molecule has 39 heavy (non-hydrogen) atoms. The number of rotatable bonds is 7. The molecule has 1 N–H and O–H groups in total. The second-order valence-corrected chi connectivity index (χ2v) is 11.4. The molecule has 0 fully saturated rings. The molecular weight excluding hydrogens is 523 g/mol. The van der Waals surface area contributed by atoms with Crippen molar-refractivity contribution in [3.63, 3.8) is 0 Å². The van der Waals surface area contributed by atoms with Gasteiger partial charge in [0.2, 0.25) is 18.6 Å². The molecule has 0 bridgehead atoms. The fourth-order valence-electron chi connectivity index (χ4n) is 4.67. The minimum atomic E-state index is -0.412. The van der Waals surface area contributed by atoms with Crippen LogP contribution in [0.25, 0.3) is 5.69 Å². The third-order valence-electron chi connectivity index (χ3n) is 6.50. The Kier molecular flexibility index (Phi) is 7.55. The number of carbonyl (C=O) groups excluding carboxylic acids is 2. The quantitative estimate of drug-likeness (QED) is 0.442. The number of carbonyl (C=O) groups is 2. The molecule has 206 valence electrons. The van der Waals surface area contributed by atoms with Crippen LogP contribution in [0.15, 0.2) is 42.5 Å². The van der Waals surface area contributed by atoms with Gasteiger partial charge in [-0.1, -0.05) is 26.8 Å². The van der Waals surface area contributed by atoms with Crippen molar-refractivity contribution in [1.82, 2.24) is 15.1 Å². The van der Waals surface area contributed by atoms with Gasteiger partial charge in [0.15, 0.2) is 11.5 Å². The van der Waals surface area contributed by atoms with Crippen LogP contribution in [0, 0.1) is 5.82 Å². The molecule has 0 saturated heterocycles. The highest BCUT2D eigenvalue weighted by Gasteiger charge is 2.40. The Morgan fingerprint density at radius 1 is 1.18 bits per heavy atom. The second kappa shape index (κ2) is 10.9. The highest BCUT2D eigenvalue weighted by Crippen LogP contribution is 2.49. The van der Waals surface area contributed by atoms with Gasteiger partial charge in [-0.15, -0.1) is 11.8 Å². The maximum atomic E-state index is 13.9. The van der Waals surface area contributed by atoms with Gasteiger partial charge in [0, 0.05) is 24.6 Å². The zero-order valence-electron chi connectivity index (χ0n) is 22.3. The van der Waals surface area contributed by atoms with E-state index < -0.39 is 5.41 Å². The molecule has 2 aliphatic rings. The summed E-state index contributed by atoms with van der Waals surface area (Å²) in [5, 5.41) is 7.51. The van der Waals surface area contributed by atoms with Gasteiger partial charge in [0.1, 0.15) is 18.2 Å². The van der Waals surface area contributed by atoms with E-state index in [1.54, 1.807) is 23.9 Å². The maximum absolute atomic E-state index is 13.9. The number of anilines is 1. The summed E-state index contributed by atoms with van der Waals surface area (Å²) in [7, 11) is 1.56. The van der Waals surface area contributed by atoms with E-state index in [2.05, 4.69) is 26.1 Å². The summed E-state index contributed by atoms with van der Waals surface area (Å²) in [6.07, 6.45) is 0. The molecule has 0 unspecified atom stereocenters. The van der Waals surface area contributed by atoms with E-state index >= 15 is 0 Å². The Morgan fingerprint density at radius 2 is 1.92 bits per heavy atom. The number of aromatic nitrogens is 2. The lowest BCUT2D eigenvalue weighted by Crippen LogP contribution is -2.43. The number of nitrogens with one attached hydrogen (secondary N) is 1. The van der Waals surface area contributed by atoms with Gasteiger partial charge in [-0.3, -0.25) is 14.5 Å². The fourth-order valence-corrected chi connectivity index (χ4v) is 5.85. The third kappa shape index (κ3) is 5.46. The van der Waals surface area contributed by atoms with E-state index in [-0.39, 0.29) is 42.0 Å². The van der Waals surface area contributed by atoms with Gasteiger partial charge in [0.05, 0.1) is 29.0 Å². The molecule has 1 aromatic heterocycles. The number of hydrogen-bond donors (Lipinski definition) is 1. The van der Waals surface area contributed by atoms with E-state index in [0.29, 0.717) is 36.2 Å². The van der Waals surface area contributed by atoms with E-state index in [0.717, 1.165) is 16.8 Å². The molecule has 2 aliphatic heterocycles. The average molecular weight is 555 g/mol. The van der Waals surface area contributed by atoms with Crippen molar-refractivity contribution in [3.05, 3.63) is 65.1 Å². The van der Waals surface area contributed by atoms with Crippen molar-refractivity contribution >= 4 is 29.4 Å². The predicted octanol–water partition coefficient (Wildman–Crippen LogP) is 3.97. The Labute approximate surface area is 230 Å². The standard InChI is InChI=1S/C28H31FN4O5S/c1-28(2,3)26-24-25(17-5-10-20-21(13-17)38-16-37-20)39-15-23(35)32(14-22(34)30-11-12-36-4)27(24)33(31-26)19-8-6-18(29)7-9-19/h5-10,13,25H,11-12,14-16H2,1-4H3,(H,30,34)/t25-/m1/s1. The fraction of sp³-hybridized carbons (Fsp3) is 0.393. The van der Waals surface area contributed by atoms with Crippen LogP contribution in [0.5, 0.6) is 11.5 Å². The number of nitrogens with zero attached hydrogens (tertiary/aromatic N) is 3. The van der Waals surface area contributed by atoms with Gasteiger partial charge in [-0.2, -0.15) is 5.10 Å².